The van der Waals surface area contributed by atoms with E-state index in [1.165, 1.54) is 0 Å². The Balaban J connectivity index is 2.15. The summed E-state index contributed by atoms with van der Waals surface area (Å²) in [6.07, 6.45) is 10.1. The number of allylic oxidation sites excluding steroid dienone is 4. The molecule has 0 bridgehead atoms. The van der Waals surface area contributed by atoms with Gasteiger partial charge in [-0.1, -0.05) is 54.7 Å². The number of H-pyrrole nitrogens is 1. The first-order chi connectivity index (χ1) is 11.8. The number of thiocarbonyl (C=S) groups is 1. The Bertz CT molecular complexity index is 1060. The molecule has 0 amide bonds. The van der Waals surface area contributed by atoms with E-state index in [0.29, 0.717) is 12.0 Å². The number of hydrogen-bond donors (Lipinski definition) is 1. The summed E-state index contributed by atoms with van der Waals surface area (Å²) in [5.74, 6) is 0. The van der Waals surface area contributed by atoms with Gasteiger partial charge < -0.3 is 4.98 Å². The van der Waals surface area contributed by atoms with E-state index in [1.807, 2.05) is 54.6 Å². The Hall–Kier alpha value is -2.85. The van der Waals surface area contributed by atoms with E-state index in [2.05, 4.69) is 9.97 Å². The van der Waals surface area contributed by atoms with Gasteiger partial charge in [0.05, 0.1) is 5.56 Å². The highest BCUT2D eigenvalue weighted by Gasteiger charge is 2.20. The van der Waals surface area contributed by atoms with Crippen LogP contribution in [-0.4, -0.2) is 14.8 Å². The van der Waals surface area contributed by atoms with Crippen LogP contribution in [0.15, 0.2) is 71.8 Å². The van der Waals surface area contributed by atoms with Crippen LogP contribution in [0.5, 0.6) is 0 Å². The summed E-state index contributed by atoms with van der Waals surface area (Å²) in [6, 6.07) is 11.7. The van der Waals surface area contributed by atoms with Gasteiger partial charge in [-0.3, -0.25) is 9.78 Å². The van der Waals surface area contributed by atoms with Crippen molar-refractivity contribution in [2.75, 3.05) is 0 Å². The quantitative estimate of drug-likeness (QED) is 0.713. The number of rotatable bonds is 2. The molecule has 0 saturated carbocycles. The van der Waals surface area contributed by atoms with E-state index in [-0.39, 0.29) is 5.56 Å². The fraction of sp³-hybridized carbons (Fsp3) is 0.0500. The van der Waals surface area contributed by atoms with E-state index in [1.54, 1.807) is 12.4 Å². The molecule has 1 N–H and O–H groups in total. The van der Waals surface area contributed by atoms with Crippen LogP contribution in [0.25, 0.3) is 27.6 Å². The molecule has 24 heavy (non-hydrogen) atoms. The first-order valence-electron chi connectivity index (χ1n) is 7.71. The zero-order chi connectivity index (χ0) is 16.5. The van der Waals surface area contributed by atoms with Gasteiger partial charge in [0.25, 0.3) is 5.56 Å². The number of aromatic amines is 1. The van der Waals surface area contributed by atoms with Crippen molar-refractivity contribution >= 4 is 33.6 Å². The second-order valence-corrected chi connectivity index (χ2v) is 6.12. The van der Waals surface area contributed by atoms with Gasteiger partial charge in [-0.2, -0.15) is 0 Å². The lowest BCUT2D eigenvalue weighted by Gasteiger charge is -2.16. The van der Waals surface area contributed by atoms with Gasteiger partial charge >= 0.3 is 0 Å². The zero-order valence-corrected chi connectivity index (χ0v) is 13.6. The van der Waals surface area contributed by atoms with E-state index in [0.717, 1.165) is 32.5 Å². The second kappa shape index (κ2) is 5.98. The molecule has 116 valence electrons. The van der Waals surface area contributed by atoms with Gasteiger partial charge in [0.15, 0.2) is 0 Å². The molecule has 1 aliphatic rings. The summed E-state index contributed by atoms with van der Waals surface area (Å²) < 4.78 is 0. The molecule has 2 heterocycles. The van der Waals surface area contributed by atoms with Crippen molar-refractivity contribution in [1.29, 1.82) is 0 Å². The molecule has 2 aromatic heterocycles. The summed E-state index contributed by atoms with van der Waals surface area (Å²) in [4.78, 5) is 20.9. The molecule has 3 nitrogen and oxygen atoms in total. The highest BCUT2D eigenvalue weighted by molar-refractivity contribution is 7.81. The van der Waals surface area contributed by atoms with Crippen molar-refractivity contribution in [2.24, 2.45) is 0 Å². The minimum Gasteiger partial charge on any atom is -0.321 e. The molecule has 1 aliphatic carbocycles. The van der Waals surface area contributed by atoms with Gasteiger partial charge in [0, 0.05) is 51.3 Å². The third-order valence-electron chi connectivity index (χ3n) is 4.14. The van der Waals surface area contributed by atoms with E-state index >= 15 is 0 Å². The van der Waals surface area contributed by atoms with Crippen molar-refractivity contribution in [2.45, 2.75) is 6.42 Å². The molecule has 0 saturated heterocycles. The molecule has 0 radical (unpaired) electrons. The molecule has 0 unspecified atom stereocenters. The van der Waals surface area contributed by atoms with Gasteiger partial charge in [-0.15, -0.1) is 0 Å². The molecule has 0 spiro atoms. The monoisotopic (exact) mass is 330 g/mol. The molecule has 4 rings (SSSR count). The minimum atomic E-state index is -0.128. The van der Waals surface area contributed by atoms with Crippen LogP contribution in [0.3, 0.4) is 0 Å². The molecule has 0 fully saturated rings. The Morgan fingerprint density at radius 2 is 1.96 bits per heavy atom. The van der Waals surface area contributed by atoms with E-state index in [4.69, 9.17) is 12.2 Å². The highest BCUT2D eigenvalue weighted by Crippen LogP contribution is 2.34. The minimum absolute atomic E-state index is 0.128. The van der Waals surface area contributed by atoms with Crippen LogP contribution in [0, 0.1) is 0 Å². The van der Waals surface area contributed by atoms with Crippen molar-refractivity contribution in [3.63, 3.8) is 0 Å². The van der Waals surface area contributed by atoms with Crippen LogP contribution >= 0.6 is 12.2 Å². The first kappa shape index (κ1) is 14.7. The lowest BCUT2D eigenvalue weighted by molar-refractivity contribution is 1.27. The van der Waals surface area contributed by atoms with Crippen LogP contribution in [0.2, 0.25) is 0 Å². The van der Waals surface area contributed by atoms with Crippen LogP contribution < -0.4 is 5.56 Å². The zero-order valence-electron chi connectivity index (χ0n) is 12.8. The summed E-state index contributed by atoms with van der Waals surface area (Å²) in [5.41, 5.74) is 3.91. The molecule has 1 aromatic carbocycles. The fourth-order valence-electron chi connectivity index (χ4n) is 3.08. The van der Waals surface area contributed by atoms with Crippen LogP contribution in [-0.2, 0) is 0 Å². The number of nitrogens with zero attached hydrogens (tertiary/aromatic N) is 1. The smallest absolute Gasteiger partial charge is 0.256 e. The molecule has 3 aromatic rings. The normalized spacial score (nSPS) is 14.0. The third-order valence-corrected chi connectivity index (χ3v) is 4.53. The van der Waals surface area contributed by atoms with Gasteiger partial charge in [0.2, 0.25) is 0 Å². The number of nitrogens with one attached hydrogen (secondary N) is 1. The molecule has 0 atom stereocenters. The maximum absolute atomic E-state index is 12.9. The average molecular weight is 330 g/mol. The van der Waals surface area contributed by atoms with E-state index in [9.17, 15) is 4.79 Å². The van der Waals surface area contributed by atoms with Crippen LogP contribution in [0.1, 0.15) is 12.0 Å². The lowest BCUT2D eigenvalue weighted by atomic mass is 9.89. The predicted molar refractivity (Wildman–Crippen MR) is 102 cm³/mol. The molecular formula is C20H14N2OS. The largest absolute Gasteiger partial charge is 0.321 e. The lowest BCUT2D eigenvalue weighted by Crippen LogP contribution is -2.17. The summed E-state index contributed by atoms with van der Waals surface area (Å²) >= 11 is 5.51. The molecule has 4 heteroatoms. The fourth-order valence-corrected chi connectivity index (χ4v) is 3.34. The van der Waals surface area contributed by atoms with Gasteiger partial charge in [-0.25, -0.2) is 0 Å². The van der Waals surface area contributed by atoms with Crippen molar-refractivity contribution in [3.05, 3.63) is 82.9 Å². The second-order valence-electron chi connectivity index (χ2n) is 5.63. The number of benzene rings is 1. The first-order valence-corrected chi connectivity index (χ1v) is 8.12. The van der Waals surface area contributed by atoms with E-state index < -0.39 is 0 Å². The van der Waals surface area contributed by atoms with Crippen molar-refractivity contribution in [1.82, 2.24) is 9.97 Å². The highest BCUT2D eigenvalue weighted by atomic mass is 32.1. The standard InChI is InChI=1S/C20H14N2OS/c23-20-19(15-8-2-4-10-17(15)24)18(13-6-5-11-21-12-13)14-7-1-3-9-16(14)22-20/h1-9,11-12H,10H2,(H,22,23). The molecular weight excluding hydrogens is 316 g/mol. The summed E-state index contributed by atoms with van der Waals surface area (Å²) in [5, 5.41) is 0.985. The number of para-hydroxylation sites is 1. The number of hydrogen-bond acceptors (Lipinski definition) is 3. The summed E-state index contributed by atoms with van der Waals surface area (Å²) in [7, 11) is 0. The maximum atomic E-state index is 12.9. The topological polar surface area (TPSA) is 45.8 Å². The maximum Gasteiger partial charge on any atom is 0.256 e. The predicted octanol–water partition coefficient (Wildman–Crippen LogP) is 4.30. The Morgan fingerprint density at radius 1 is 1.08 bits per heavy atom. The SMILES string of the molecule is O=c1[nH]c2ccccc2c(-c2cccnc2)c1C1=CC=CCC1=S. The summed E-state index contributed by atoms with van der Waals surface area (Å²) in [6.45, 7) is 0. The van der Waals surface area contributed by atoms with Crippen molar-refractivity contribution < 1.29 is 0 Å². The van der Waals surface area contributed by atoms with Crippen molar-refractivity contribution in [3.8, 4) is 11.1 Å². The Kier molecular flexibility index (Phi) is 3.67. The third kappa shape index (κ3) is 2.41. The Labute approximate surface area is 144 Å². The number of aromatic nitrogens is 2. The average Bonchev–Trinajstić information content (AvgIpc) is 2.62. The number of pyridine rings is 2. The van der Waals surface area contributed by atoms with Gasteiger partial charge in [-0.05, 0) is 12.1 Å². The van der Waals surface area contributed by atoms with Gasteiger partial charge in [0.1, 0.15) is 0 Å². The number of fused-ring (bicyclic) bond motifs is 1. The van der Waals surface area contributed by atoms with Crippen LogP contribution in [0.4, 0.5) is 0 Å². The molecule has 0 aliphatic heterocycles. The Morgan fingerprint density at radius 3 is 2.75 bits per heavy atom.